The first-order chi connectivity index (χ1) is 8.54. The number of carboxylic acid groups (broad SMARTS) is 1. The van der Waals surface area contributed by atoms with Crippen LogP contribution in [0.4, 0.5) is 0 Å². The van der Waals surface area contributed by atoms with Crippen molar-refractivity contribution in [3.05, 3.63) is 0 Å². The predicted molar refractivity (Wildman–Crippen MR) is 65.9 cm³/mol. The van der Waals surface area contributed by atoms with E-state index < -0.39 is 11.4 Å². The monoisotopic (exact) mass is 251 g/mol. The van der Waals surface area contributed by atoms with Crippen molar-refractivity contribution in [1.29, 1.82) is 0 Å². The van der Waals surface area contributed by atoms with Crippen molar-refractivity contribution in [2.24, 2.45) is 23.2 Å². The van der Waals surface area contributed by atoms with E-state index >= 15 is 0 Å². The SMILES string of the molecule is CC(C(=O)N1C[C@@H]2CCC[C@@]2(C(=O)O)C1)C1CC1. The molecule has 4 nitrogen and oxygen atoms in total. The summed E-state index contributed by atoms with van der Waals surface area (Å²) in [5.41, 5.74) is -0.626. The summed E-state index contributed by atoms with van der Waals surface area (Å²) in [4.78, 5) is 25.7. The first-order valence-corrected chi connectivity index (χ1v) is 7.07. The largest absolute Gasteiger partial charge is 0.481 e. The number of carbonyl (C=O) groups is 2. The van der Waals surface area contributed by atoms with E-state index in [-0.39, 0.29) is 17.7 Å². The van der Waals surface area contributed by atoms with E-state index in [1.165, 1.54) is 0 Å². The van der Waals surface area contributed by atoms with Crippen molar-refractivity contribution < 1.29 is 14.7 Å². The number of fused-ring (bicyclic) bond motifs is 1. The summed E-state index contributed by atoms with van der Waals surface area (Å²) in [5, 5.41) is 9.50. The summed E-state index contributed by atoms with van der Waals surface area (Å²) in [6.45, 7) is 3.12. The Morgan fingerprint density at radius 2 is 2.06 bits per heavy atom. The van der Waals surface area contributed by atoms with Gasteiger partial charge < -0.3 is 10.0 Å². The summed E-state index contributed by atoms with van der Waals surface area (Å²) >= 11 is 0. The van der Waals surface area contributed by atoms with E-state index in [1.807, 2.05) is 11.8 Å². The maximum Gasteiger partial charge on any atom is 0.311 e. The van der Waals surface area contributed by atoms with Crippen molar-refractivity contribution in [2.45, 2.75) is 39.0 Å². The number of carbonyl (C=O) groups excluding carboxylic acids is 1. The third kappa shape index (κ3) is 1.65. The molecule has 3 rings (SSSR count). The summed E-state index contributed by atoms with van der Waals surface area (Å²) in [6.07, 6.45) is 5.03. The smallest absolute Gasteiger partial charge is 0.311 e. The van der Waals surface area contributed by atoms with Gasteiger partial charge in [0.1, 0.15) is 0 Å². The van der Waals surface area contributed by atoms with Crippen LogP contribution < -0.4 is 0 Å². The molecule has 18 heavy (non-hydrogen) atoms. The third-order valence-corrected chi connectivity index (χ3v) is 5.33. The van der Waals surface area contributed by atoms with Crippen LogP contribution in [0.25, 0.3) is 0 Å². The molecule has 100 valence electrons. The van der Waals surface area contributed by atoms with Gasteiger partial charge in [-0.3, -0.25) is 9.59 Å². The van der Waals surface area contributed by atoms with Gasteiger partial charge in [0.05, 0.1) is 5.41 Å². The van der Waals surface area contributed by atoms with Crippen molar-refractivity contribution in [2.75, 3.05) is 13.1 Å². The lowest BCUT2D eigenvalue weighted by Crippen LogP contribution is -2.39. The lowest BCUT2D eigenvalue weighted by atomic mass is 9.81. The number of aliphatic carboxylic acids is 1. The molecule has 3 fully saturated rings. The highest BCUT2D eigenvalue weighted by atomic mass is 16.4. The molecule has 0 aromatic carbocycles. The molecular weight excluding hydrogens is 230 g/mol. The van der Waals surface area contributed by atoms with Crippen molar-refractivity contribution in [1.82, 2.24) is 4.90 Å². The van der Waals surface area contributed by atoms with E-state index in [1.54, 1.807) is 0 Å². The zero-order chi connectivity index (χ0) is 12.9. The second-order valence-electron chi connectivity index (χ2n) is 6.40. The fraction of sp³-hybridized carbons (Fsp3) is 0.857. The Morgan fingerprint density at radius 3 is 2.61 bits per heavy atom. The average molecular weight is 251 g/mol. The first-order valence-electron chi connectivity index (χ1n) is 7.07. The molecule has 1 saturated heterocycles. The Balaban J connectivity index is 1.74. The molecule has 0 radical (unpaired) electrons. The van der Waals surface area contributed by atoms with Crippen LogP contribution in [-0.4, -0.2) is 35.0 Å². The number of carboxylic acids is 1. The van der Waals surface area contributed by atoms with E-state index in [0.29, 0.717) is 19.0 Å². The predicted octanol–water partition coefficient (Wildman–Crippen LogP) is 1.75. The zero-order valence-electron chi connectivity index (χ0n) is 10.9. The highest BCUT2D eigenvalue weighted by molar-refractivity contribution is 5.83. The number of nitrogens with zero attached hydrogens (tertiary/aromatic N) is 1. The van der Waals surface area contributed by atoms with Gasteiger partial charge in [-0.1, -0.05) is 13.3 Å². The molecule has 0 bridgehead atoms. The second kappa shape index (κ2) is 3.97. The maximum atomic E-state index is 12.4. The highest BCUT2D eigenvalue weighted by Crippen LogP contribution is 2.49. The van der Waals surface area contributed by atoms with Gasteiger partial charge in [-0.25, -0.2) is 0 Å². The van der Waals surface area contributed by atoms with E-state index in [4.69, 9.17) is 0 Å². The molecular formula is C14H21NO3. The highest BCUT2D eigenvalue weighted by Gasteiger charge is 2.56. The topological polar surface area (TPSA) is 57.6 Å². The van der Waals surface area contributed by atoms with Gasteiger partial charge in [0.15, 0.2) is 0 Å². The third-order valence-electron chi connectivity index (χ3n) is 5.33. The molecule has 0 aromatic rings. The number of rotatable bonds is 3. The molecule has 3 aliphatic rings. The van der Waals surface area contributed by atoms with Gasteiger partial charge in [-0.15, -0.1) is 0 Å². The normalized spacial score (nSPS) is 36.5. The molecule has 2 aliphatic carbocycles. The Morgan fingerprint density at radius 1 is 1.33 bits per heavy atom. The van der Waals surface area contributed by atoms with Crippen molar-refractivity contribution in [3.63, 3.8) is 0 Å². The Bertz CT molecular complexity index is 391. The molecule has 1 unspecified atom stereocenters. The lowest BCUT2D eigenvalue weighted by molar-refractivity contribution is -0.149. The summed E-state index contributed by atoms with van der Waals surface area (Å²) in [5.74, 6) is 0.325. The molecule has 1 heterocycles. The first kappa shape index (κ1) is 12.0. The molecule has 4 heteroatoms. The molecule has 1 amide bonds. The number of hydrogen-bond donors (Lipinski definition) is 1. The fourth-order valence-corrected chi connectivity index (χ4v) is 3.89. The minimum atomic E-state index is -0.695. The molecule has 1 aliphatic heterocycles. The minimum absolute atomic E-state index is 0.0923. The van der Waals surface area contributed by atoms with Crippen LogP contribution >= 0.6 is 0 Å². The van der Waals surface area contributed by atoms with E-state index in [9.17, 15) is 14.7 Å². The van der Waals surface area contributed by atoms with Gasteiger partial charge in [0, 0.05) is 19.0 Å². The summed E-state index contributed by atoms with van der Waals surface area (Å²) < 4.78 is 0. The van der Waals surface area contributed by atoms with E-state index in [2.05, 4.69) is 0 Å². The molecule has 2 saturated carbocycles. The van der Waals surface area contributed by atoms with Crippen LogP contribution in [-0.2, 0) is 9.59 Å². The van der Waals surface area contributed by atoms with Gasteiger partial charge in [0.2, 0.25) is 5.91 Å². The van der Waals surface area contributed by atoms with Crippen LogP contribution in [0.1, 0.15) is 39.0 Å². The minimum Gasteiger partial charge on any atom is -0.481 e. The Labute approximate surface area is 107 Å². The van der Waals surface area contributed by atoms with Gasteiger partial charge in [-0.2, -0.15) is 0 Å². The number of amides is 1. The average Bonchev–Trinajstić information content (AvgIpc) is 2.98. The van der Waals surface area contributed by atoms with Gasteiger partial charge >= 0.3 is 5.97 Å². The maximum absolute atomic E-state index is 12.4. The fourth-order valence-electron chi connectivity index (χ4n) is 3.89. The Kier molecular flexibility index (Phi) is 2.65. The standard InChI is InChI=1S/C14H21NO3/c1-9(10-4-5-10)12(16)15-7-11-3-2-6-14(11,8-15)13(17)18/h9-11H,2-8H2,1H3,(H,17,18)/t9?,11-,14+/m0/s1. The summed E-state index contributed by atoms with van der Waals surface area (Å²) in [6, 6.07) is 0. The quantitative estimate of drug-likeness (QED) is 0.831. The molecule has 3 atom stereocenters. The van der Waals surface area contributed by atoms with E-state index in [0.717, 1.165) is 32.1 Å². The summed E-state index contributed by atoms with van der Waals surface area (Å²) in [7, 11) is 0. The van der Waals surface area contributed by atoms with Crippen LogP contribution in [0.2, 0.25) is 0 Å². The lowest BCUT2D eigenvalue weighted by Gasteiger charge is -2.24. The Hall–Kier alpha value is -1.06. The van der Waals surface area contributed by atoms with Gasteiger partial charge in [0.25, 0.3) is 0 Å². The van der Waals surface area contributed by atoms with Gasteiger partial charge in [-0.05, 0) is 37.5 Å². The number of likely N-dealkylation sites (tertiary alicyclic amines) is 1. The van der Waals surface area contributed by atoms with Crippen LogP contribution in [0.15, 0.2) is 0 Å². The zero-order valence-corrected chi connectivity index (χ0v) is 10.9. The second-order valence-corrected chi connectivity index (χ2v) is 6.40. The number of hydrogen-bond acceptors (Lipinski definition) is 2. The molecule has 1 N–H and O–H groups in total. The van der Waals surface area contributed by atoms with Crippen LogP contribution in [0, 0.1) is 23.2 Å². The van der Waals surface area contributed by atoms with Crippen LogP contribution in [0.3, 0.4) is 0 Å². The van der Waals surface area contributed by atoms with Crippen LogP contribution in [0.5, 0.6) is 0 Å². The van der Waals surface area contributed by atoms with Crippen molar-refractivity contribution in [3.8, 4) is 0 Å². The molecule has 0 aromatic heterocycles. The van der Waals surface area contributed by atoms with Crippen molar-refractivity contribution >= 4 is 11.9 Å². The molecule has 0 spiro atoms.